The SMILES string of the molecule is CCCN1C=c2[nH]c(-c3cnn(C)c3)nc2=NC1c1ccc(C(F)(F)F)cc1. The van der Waals surface area contributed by atoms with E-state index in [1.807, 2.05) is 31.3 Å². The second kappa shape index (κ2) is 6.81. The van der Waals surface area contributed by atoms with Gasteiger partial charge in [0, 0.05) is 26.0 Å². The molecular formula is C19H19F3N6. The number of hydrogen-bond acceptors (Lipinski definition) is 4. The first kappa shape index (κ1) is 18.3. The highest BCUT2D eigenvalue weighted by atomic mass is 19.4. The number of halogens is 3. The number of aryl methyl sites for hydroxylation is 1. The number of aromatic amines is 1. The van der Waals surface area contributed by atoms with Crippen molar-refractivity contribution in [2.75, 3.05) is 6.54 Å². The first-order valence-corrected chi connectivity index (χ1v) is 8.93. The predicted octanol–water partition coefficient (Wildman–Crippen LogP) is 2.61. The summed E-state index contributed by atoms with van der Waals surface area (Å²) in [5.74, 6) is 0.655. The fourth-order valence-electron chi connectivity index (χ4n) is 3.23. The van der Waals surface area contributed by atoms with Crippen LogP contribution in [0, 0.1) is 0 Å². The fraction of sp³-hybridized carbons (Fsp3) is 0.316. The Morgan fingerprint density at radius 1 is 1.18 bits per heavy atom. The molecule has 0 spiro atoms. The van der Waals surface area contributed by atoms with Crippen molar-refractivity contribution in [3.8, 4) is 11.4 Å². The van der Waals surface area contributed by atoms with Gasteiger partial charge in [0.05, 0.1) is 17.3 Å². The standard InChI is InChI=1S/C19H19F3N6/c1-3-8-28-11-15-17(25-16(24-15)13-9-23-27(2)10-13)26-18(28)12-4-6-14(7-5-12)19(20,21)22/h4-7,9-11,18H,3,8H2,1-2H3,(H,24,25,26). The number of imidazole rings is 1. The average molecular weight is 388 g/mol. The Kier molecular flexibility index (Phi) is 4.44. The minimum Gasteiger partial charge on any atom is -0.350 e. The zero-order valence-corrected chi connectivity index (χ0v) is 15.4. The molecular weight excluding hydrogens is 369 g/mol. The Labute approximate surface area is 159 Å². The number of benzene rings is 1. The summed E-state index contributed by atoms with van der Waals surface area (Å²) in [6.45, 7) is 2.76. The van der Waals surface area contributed by atoms with Gasteiger partial charge >= 0.3 is 6.18 Å². The lowest BCUT2D eigenvalue weighted by Gasteiger charge is -2.29. The third kappa shape index (κ3) is 3.39. The first-order chi connectivity index (χ1) is 13.3. The number of nitrogens with zero attached hydrogens (tertiary/aromatic N) is 5. The van der Waals surface area contributed by atoms with E-state index in [9.17, 15) is 13.2 Å². The summed E-state index contributed by atoms with van der Waals surface area (Å²) in [5.41, 5.74) is 1.40. The van der Waals surface area contributed by atoms with E-state index >= 15 is 0 Å². The van der Waals surface area contributed by atoms with E-state index in [0.717, 1.165) is 36.0 Å². The summed E-state index contributed by atoms with van der Waals surface area (Å²) in [6.07, 6.45) is 1.59. The lowest BCUT2D eigenvalue weighted by atomic mass is 10.1. The van der Waals surface area contributed by atoms with Gasteiger partial charge in [-0.2, -0.15) is 18.3 Å². The number of rotatable bonds is 4. The van der Waals surface area contributed by atoms with Gasteiger partial charge in [-0.1, -0.05) is 19.1 Å². The van der Waals surface area contributed by atoms with Gasteiger partial charge in [0.15, 0.2) is 5.49 Å². The largest absolute Gasteiger partial charge is 0.416 e. The van der Waals surface area contributed by atoms with Crippen LogP contribution in [0.25, 0.3) is 17.6 Å². The Morgan fingerprint density at radius 2 is 1.93 bits per heavy atom. The average Bonchev–Trinajstić information content (AvgIpc) is 3.26. The van der Waals surface area contributed by atoms with Crippen LogP contribution in [0.1, 0.15) is 30.6 Å². The molecule has 4 rings (SSSR count). The Balaban J connectivity index is 1.74. The van der Waals surface area contributed by atoms with Gasteiger partial charge in [0.25, 0.3) is 0 Å². The number of alkyl halides is 3. The molecule has 0 bridgehead atoms. The lowest BCUT2D eigenvalue weighted by Crippen LogP contribution is -2.38. The second-order valence-electron chi connectivity index (χ2n) is 6.71. The van der Waals surface area contributed by atoms with Crippen molar-refractivity contribution in [3.05, 3.63) is 58.6 Å². The van der Waals surface area contributed by atoms with Crippen LogP contribution in [0.2, 0.25) is 0 Å². The maximum absolute atomic E-state index is 12.9. The third-order valence-electron chi connectivity index (χ3n) is 4.56. The summed E-state index contributed by atoms with van der Waals surface area (Å²) >= 11 is 0. The van der Waals surface area contributed by atoms with Crippen LogP contribution in [0.5, 0.6) is 0 Å². The Morgan fingerprint density at radius 3 is 2.54 bits per heavy atom. The molecule has 0 fully saturated rings. The van der Waals surface area contributed by atoms with Crippen molar-refractivity contribution in [1.82, 2.24) is 24.6 Å². The smallest absolute Gasteiger partial charge is 0.350 e. The van der Waals surface area contributed by atoms with Crippen molar-refractivity contribution in [3.63, 3.8) is 0 Å². The summed E-state index contributed by atoms with van der Waals surface area (Å²) in [7, 11) is 1.83. The van der Waals surface area contributed by atoms with Crippen LogP contribution >= 0.6 is 0 Å². The van der Waals surface area contributed by atoms with E-state index in [2.05, 4.69) is 15.1 Å². The van der Waals surface area contributed by atoms with E-state index in [0.29, 0.717) is 16.9 Å². The maximum Gasteiger partial charge on any atom is 0.416 e. The molecule has 6 nitrogen and oxygen atoms in total. The summed E-state index contributed by atoms with van der Waals surface area (Å²) in [5, 5.41) is 4.92. The molecule has 3 aromatic rings. The van der Waals surface area contributed by atoms with Crippen LogP contribution in [-0.4, -0.2) is 31.2 Å². The zero-order chi connectivity index (χ0) is 19.9. The second-order valence-corrected chi connectivity index (χ2v) is 6.71. The minimum absolute atomic E-state index is 0.417. The van der Waals surface area contributed by atoms with E-state index in [4.69, 9.17) is 4.99 Å². The number of hydrogen-bond donors (Lipinski definition) is 1. The quantitative estimate of drug-likeness (QED) is 0.747. The zero-order valence-electron chi connectivity index (χ0n) is 15.4. The molecule has 146 valence electrons. The molecule has 1 aliphatic heterocycles. The molecule has 0 aliphatic carbocycles. The number of fused-ring (bicyclic) bond motifs is 1. The van der Waals surface area contributed by atoms with Gasteiger partial charge in [-0.15, -0.1) is 0 Å². The molecule has 1 aliphatic rings. The highest BCUT2D eigenvalue weighted by molar-refractivity contribution is 5.52. The van der Waals surface area contributed by atoms with Crippen LogP contribution in [0.15, 0.2) is 41.7 Å². The Bertz CT molecular complexity index is 1090. The van der Waals surface area contributed by atoms with Crippen molar-refractivity contribution in [2.24, 2.45) is 12.0 Å². The first-order valence-electron chi connectivity index (χ1n) is 8.93. The van der Waals surface area contributed by atoms with Gasteiger partial charge in [-0.05, 0) is 24.1 Å². The van der Waals surface area contributed by atoms with Crippen molar-refractivity contribution in [1.29, 1.82) is 0 Å². The van der Waals surface area contributed by atoms with Crippen LogP contribution in [0.3, 0.4) is 0 Å². The summed E-state index contributed by atoms with van der Waals surface area (Å²) in [4.78, 5) is 14.5. The third-order valence-corrected chi connectivity index (χ3v) is 4.56. The summed E-state index contributed by atoms with van der Waals surface area (Å²) < 4.78 is 40.3. The van der Waals surface area contributed by atoms with E-state index in [-0.39, 0.29) is 0 Å². The predicted molar refractivity (Wildman–Crippen MR) is 97.2 cm³/mol. The maximum atomic E-state index is 12.9. The molecule has 2 aromatic heterocycles. The van der Waals surface area contributed by atoms with E-state index in [1.54, 1.807) is 10.9 Å². The molecule has 3 heterocycles. The van der Waals surface area contributed by atoms with Gasteiger partial charge in [-0.3, -0.25) is 4.68 Å². The molecule has 1 atom stereocenters. The highest BCUT2D eigenvalue weighted by Gasteiger charge is 2.30. The number of nitrogens with one attached hydrogen (secondary N) is 1. The van der Waals surface area contributed by atoms with Crippen molar-refractivity contribution < 1.29 is 13.2 Å². The molecule has 28 heavy (non-hydrogen) atoms. The van der Waals surface area contributed by atoms with Gasteiger partial charge in [-0.25, -0.2) is 9.98 Å². The molecule has 0 saturated carbocycles. The van der Waals surface area contributed by atoms with Crippen LogP contribution in [0.4, 0.5) is 13.2 Å². The van der Waals surface area contributed by atoms with Crippen LogP contribution in [-0.2, 0) is 13.2 Å². The topological polar surface area (TPSA) is 62.1 Å². The molecule has 1 N–H and O–H groups in total. The van der Waals surface area contributed by atoms with Crippen LogP contribution < -0.4 is 10.8 Å². The van der Waals surface area contributed by atoms with Gasteiger partial charge in [0.2, 0.25) is 0 Å². The number of aromatic nitrogens is 4. The molecule has 9 heteroatoms. The summed E-state index contributed by atoms with van der Waals surface area (Å²) in [6, 6.07) is 5.15. The normalized spacial score (nSPS) is 16.5. The molecule has 1 aromatic carbocycles. The molecule has 0 radical (unpaired) electrons. The minimum atomic E-state index is -4.36. The number of H-pyrrole nitrogens is 1. The van der Waals surface area contributed by atoms with E-state index in [1.165, 1.54) is 12.1 Å². The van der Waals surface area contributed by atoms with Crippen molar-refractivity contribution >= 4 is 6.20 Å². The fourth-order valence-corrected chi connectivity index (χ4v) is 3.23. The van der Waals surface area contributed by atoms with E-state index < -0.39 is 17.9 Å². The molecule has 0 saturated heterocycles. The molecule has 0 amide bonds. The molecule has 1 unspecified atom stereocenters. The Hall–Kier alpha value is -3.10. The van der Waals surface area contributed by atoms with Gasteiger partial charge in [0.1, 0.15) is 17.3 Å². The highest BCUT2D eigenvalue weighted by Crippen LogP contribution is 2.31. The lowest BCUT2D eigenvalue weighted by molar-refractivity contribution is -0.137. The van der Waals surface area contributed by atoms with Gasteiger partial charge < -0.3 is 9.88 Å². The van der Waals surface area contributed by atoms with Crippen molar-refractivity contribution in [2.45, 2.75) is 25.7 Å². The monoisotopic (exact) mass is 388 g/mol.